The topological polar surface area (TPSA) is 35.5 Å². The Morgan fingerprint density at radius 3 is 3.00 bits per heavy atom. The molecule has 1 aliphatic rings. The van der Waals surface area contributed by atoms with Crippen LogP contribution in [0.15, 0.2) is 12.2 Å². The zero-order chi connectivity index (χ0) is 8.81. The molecule has 1 atom stereocenters. The first-order valence-corrected chi connectivity index (χ1v) is 4.31. The lowest BCUT2D eigenvalue weighted by molar-refractivity contribution is 0.0236. The Bertz CT molecular complexity index is 175. The van der Waals surface area contributed by atoms with Crippen LogP contribution in [0.1, 0.15) is 26.2 Å². The average Bonchev–Trinajstić information content (AvgIpc) is 2.06. The summed E-state index contributed by atoms with van der Waals surface area (Å²) in [6, 6.07) is 0. The smallest absolute Gasteiger partial charge is 0.435 e. The van der Waals surface area contributed by atoms with Gasteiger partial charge in [0.15, 0.2) is 0 Å². The van der Waals surface area contributed by atoms with Crippen LogP contribution in [0.3, 0.4) is 0 Å². The van der Waals surface area contributed by atoms with Gasteiger partial charge in [0, 0.05) is 6.42 Å². The lowest BCUT2D eigenvalue weighted by Crippen LogP contribution is -2.19. The number of carbonyl (C=O) groups excluding carboxylic acids is 1. The molecule has 0 saturated carbocycles. The minimum Gasteiger partial charge on any atom is -0.435 e. The second-order valence-electron chi connectivity index (χ2n) is 2.71. The molecular weight excluding hydrogens is 156 g/mol. The highest BCUT2D eigenvalue weighted by atomic mass is 16.7. The molecule has 3 heteroatoms. The van der Waals surface area contributed by atoms with Gasteiger partial charge in [-0.1, -0.05) is 12.2 Å². The SMILES string of the molecule is CCOC(=O)OC1CC=CCC1. The van der Waals surface area contributed by atoms with Gasteiger partial charge in [0.2, 0.25) is 0 Å². The Kier molecular flexibility index (Phi) is 3.64. The molecule has 0 amide bonds. The molecule has 0 aromatic carbocycles. The fourth-order valence-corrected chi connectivity index (χ4v) is 1.16. The molecule has 0 radical (unpaired) electrons. The van der Waals surface area contributed by atoms with E-state index in [0.29, 0.717) is 6.61 Å². The quantitative estimate of drug-likeness (QED) is 0.471. The maximum atomic E-state index is 10.8. The van der Waals surface area contributed by atoms with Crippen molar-refractivity contribution < 1.29 is 14.3 Å². The van der Waals surface area contributed by atoms with Crippen LogP contribution >= 0.6 is 0 Å². The van der Waals surface area contributed by atoms with Crippen LogP contribution in [0.2, 0.25) is 0 Å². The number of hydrogen-bond donors (Lipinski definition) is 0. The maximum absolute atomic E-state index is 10.8. The summed E-state index contributed by atoms with van der Waals surface area (Å²) < 4.78 is 9.68. The number of carbonyl (C=O) groups is 1. The molecule has 0 N–H and O–H groups in total. The Balaban J connectivity index is 2.21. The van der Waals surface area contributed by atoms with Crippen molar-refractivity contribution >= 4 is 6.16 Å². The van der Waals surface area contributed by atoms with Gasteiger partial charge in [-0.3, -0.25) is 0 Å². The molecule has 0 saturated heterocycles. The van der Waals surface area contributed by atoms with Crippen molar-refractivity contribution in [1.29, 1.82) is 0 Å². The summed E-state index contributed by atoms with van der Waals surface area (Å²) in [4.78, 5) is 10.8. The van der Waals surface area contributed by atoms with E-state index in [0.717, 1.165) is 19.3 Å². The van der Waals surface area contributed by atoms with Crippen LogP contribution in [-0.2, 0) is 9.47 Å². The van der Waals surface area contributed by atoms with Crippen molar-refractivity contribution in [2.75, 3.05) is 6.61 Å². The first-order chi connectivity index (χ1) is 5.83. The first kappa shape index (κ1) is 9.10. The van der Waals surface area contributed by atoms with E-state index in [1.54, 1.807) is 6.92 Å². The lowest BCUT2D eigenvalue weighted by Gasteiger charge is -2.17. The summed E-state index contributed by atoms with van der Waals surface area (Å²) in [5.41, 5.74) is 0. The van der Waals surface area contributed by atoms with Crippen LogP contribution < -0.4 is 0 Å². The lowest BCUT2D eigenvalue weighted by atomic mass is 10.1. The molecule has 0 bridgehead atoms. The highest BCUT2D eigenvalue weighted by Crippen LogP contribution is 2.14. The predicted octanol–water partition coefficient (Wildman–Crippen LogP) is 2.27. The molecular formula is C9H14O3. The molecule has 0 aliphatic heterocycles. The number of allylic oxidation sites excluding steroid dienone is 1. The van der Waals surface area contributed by atoms with Gasteiger partial charge in [0.25, 0.3) is 0 Å². The molecule has 68 valence electrons. The normalized spacial score (nSPS) is 21.9. The van der Waals surface area contributed by atoms with Crippen LogP contribution in [0, 0.1) is 0 Å². The Morgan fingerprint density at radius 1 is 1.58 bits per heavy atom. The zero-order valence-corrected chi connectivity index (χ0v) is 7.29. The van der Waals surface area contributed by atoms with E-state index in [4.69, 9.17) is 4.74 Å². The second kappa shape index (κ2) is 4.80. The van der Waals surface area contributed by atoms with Gasteiger partial charge in [0.1, 0.15) is 6.10 Å². The van der Waals surface area contributed by atoms with Gasteiger partial charge >= 0.3 is 6.16 Å². The van der Waals surface area contributed by atoms with E-state index >= 15 is 0 Å². The monoisotopic (exact) mass is 170 g/mol. The molecule has 12 heavy (non-hydrogen) atoms. The molecule has 1 aliphatic carbocycles. The molecule has 0 heterocycles. The Morgan fingerprint density at radius 2 is 2.42 bits per heavy atom. The van der Waals surface area contributed by atoms with E-state index < -0.39 is 6.16 Å². The van der Waals surface area contributed by atoms with Gasteiger partial charge in [-0.25, -0.2) is 4.79 Å². The van der Waals surface area contributed by atoms with E-state index in [9.17, 15) is 4.79 Å². The fourth-order valence-electron chi connectivity index (χ4n) is 1.16. The minimum atomic E-state index is -0.544. The van der Waals surface area contributed by atoms with E-state index in [-0.39, 0.29) is 6.10 Å². The number of rotatable bonds is 2. The minimum absolute atomic E-state index is 0.0223. The highest BCUT2D eigenvalue weighted by molar-refractivity contribution is 5.60. The van der Waals surface area contributed by atoms with Crippen molar-refractivity contribution in [3.05, 3.63) is 12.2 Å². The van der Waals surface area contributed by atoms with Crippen LogP contribution in [-0.4, -0.2) is 18.9 Å². The molecule has 0 spiro atoms. The van der Waals surface area contributed by atoms with Gasteiger partial charge in [-0.15, -0.1) is 0 Å². The maximum Gasteiger partial charge on any atom is 0.508 e. The third-order valence-corrected chi connectivity index (χ3v) is 1.75. The molecule has 0 aromatic rings. The molecule has 3 nitrogen and oxygen atoms in total. The standard InChI is InChI=1S/C9H14O3/c1-2-11-9(10)12-8-6-4-3-5-7-8/h3-4,8H,2,5-7H2,1H3. The third-order valence-electron chi connectivity index (χ3n) is 1.75. The Labute approximate surface area is 72.4 Å². The number of ether oxygens (including phenoxy) is 2. The highest BCUT2D eigenvalue weighted by Gasteiger charge is 2.14. The van der Waals surface area contributed by atoms with Crippen molar-refractivity contribution in [2.24, 2.45) is 0 Å². The molecule has 0 aromatic heterocycles. The van der Waals surface area contributed by atoms with Crippen molar-refractivity contribution in [3.63, 3.8) is 0 Å². The summed E-state index contributed by atoms with van der Waals surface area (Å²) in [6.45, 7) is 2.14. The van der Waals surface area contributed by atoms with E-state index in [1.165, 1.54) is 0 Å². The van der Waals surface area contributed by atoms with E-state index in [1.807, 2.05) is 6.08 Å². The van der Waals surface area contributed by atoms with E-state index in [2.05, 4.69) is 10.8 Å². The van der Waals surface area contributed by atoms with Crippen molar-refractivity contribution in [2.45, 2.75) is 32.3 Å². The molecule has 0 fully saturated rings. The largest absolute Gasteiger partial charge is 0.508 e. The summed E-state index contributed by atoms with van der Waals surface area (Å²) in [5, 5.41) is 0. The Hall–Kier alpha value is -0.990. The van der Waals surface area contributed by atoms with Gasteiger partial charge in [-0.2, -0.15) is 0 Å². The summed E-state index contributed by atoms with van der Waals surface area (Å²) in [5.74, 6) is 0. The molecule has 1 rings (SSSR count). The van der Waals surface area contributed by atoms with Gasteiger partial charge in [-0.05, 0) is 19.8 Å². The molecule has 1 unspecified atom stereocenters. The third kappa shape index (κ3) is 2.95. The first-order valence-electron chi connectivity index (χ1n) is 4.31. The van der Waals surface area contributed by atoms with Crippen LogP contribution in [0.4, 0.5) is 4.79 Å². The number of hydrogen-bond acceptors (Lipinski definition) is 3. The summed E-state index contributed by atoms with van der Waals surface area (Å²) in [6.07, 6.45) is 6.34. The van der Waals surface area contributed by atoms with Crippen LogP contribution in [0.25, 0.3) is 0 Å². The van der Waals surface area contributed by atoms with Crippen molar-refractivity contribution in [3.8, 4) is 0 Å². The summed E-state index contributed by atoms with van der Waals surface area (Å²) >= 11 is 0. The van der Waals surface area contributed by atoms with Gasteiger partial charge in [0.05, 0.1) is 6.61 Å². The average molecular weight is 170 g/mol. The van der Waals surface area contributed by atoms with Crippen molar-refractivity contribution in [1.82, 2.24) is 0 Å². The van der Waals surface area contributed by atoms with Crippen LogP contribution in [0.5, 0.6) is 0 Å². The zero-order valence-electron chi connectivity index (χ0n) is 7.29. The summed E-state index contributed by atoms with van der Waals surface area (Å²) in [7, 11) is 0. The fraction of sp³-hybridized carbons (Fsp3) is 0.667. The van der Waals surface area contributed by atoms with Gasteiger partial charge < -0.3 is 9.47 Å². The predicted molar refractivity (Wildman–Crippen MR) is 44.9 cm³/mol. The second-order valence-corrected chi connectivity index (χ2v) is 2.71.